The fourth-order valence-electron chi connectivity index (χ4n) is 2.30. The van der Waals surface area contributed by atoms with Crippen LogP contribution in [0.1, 0.15) is 11.1 Å². The van der Waals surface area contributed by atoms with Gasteiger partial charge in [-0.3, -0.25) is 4.79 Å². The Morgan fingerprint density at radius 1 is 1.42 bits per heavy atom. The average molecular weight is 260 g/mol. The quantitative estimate of drug-likeness (QED) is 0.445. The molecule has 1 heterocycles. The van der Waals surface area contributed by atoms with Crippen molar-refractivity contribution in [3.05, 3.63) is 29.3 Å². The molecule has 99 valence electrons. The number of nitrogens with zero attached hydrogens (tertiary/aromatic N) is 1. The summed E-state index contributed by atoms with van der Waals surface area (Å²) in [4.78, 5) is 24.1. The molecular formula is C13H15BNO4. The molecule has 0 fully saturated rings. The van der Waals surface area contributed by atoms with Crippen molar-refractivity contribution in [1.29, 1.82) is 0 Å². The maximum atomic E-state index is 11.8. The molecule has 19 heavy (non-hydrogen) atoms. The van der Waals surface area contributed by atoms with E-state index in [0.29, 0.717) is 19.2 Å². The molecule has 5 nitrogen and oxygen atoms in total. The van der Waals surface area contributed by atoms with Crippen LogP contribution < -0.4 is 4.74 Å². The number of esters is 1. The molecule has 0 aliphatic carbocycles. The van der Waals surface area contributed by atoms with E-state index < -0.39 is 6.04 Å². The normalized spacial score (nSPS) is 18.3. The third-order valence-electron chi connectivity index (χ3n) is 3.31. The van der Waals surface area contributed by atoms with Crippen molar-refractivity contribution in [2.75, 3.05) is 14.2 Å². The van der Waals surface area contributed by atoms with Gasteiger partial charge in [-0.2, -0.15) is 0 Å². The SMILES string of the molecule is COC(=O)[C@@H]1Cc2ccc(OC)cc2CN1[B]C=O. The molecule has 0 aromatic heterocycles. The molecule has 6 heteroatoms. The lowest BCUT2D eigenvalue weighted by Crippen LogP contribution is -2.48. The van der Waals surface area contributed by atoms with Crippen LogP contribution in [-0.4, -0.2) is 44.6 Å². The predicted octanol–water partition coefficient (Wildman–Crippen LogP) is 0.404. The smallest absolute Gasteiger partial charge is 0.322 e. The minimum atomic E-state index is -0.448. The van der Waals surface area contributed by atoms with Gasteiger partial charge in [-0.1, -0.05) is 6.07 Å². The first-order valence-electron chi connectivity index (χ1n) is 5.97. The average Bonchev–Trinajstić information content (AvgIpc) is 2.45. The Bertz CT molecular complexity index is 492. The second-order valence-corrected chi connectivity index (χ2v) is 4.34. The fraction of sp³-hybridized carbons (Fsp3) is 0.385. The highest BCUT2D eigenvalue weighted by Crippen LogP contribution is 2.26. The molecular weight excluding hydrogens is 245 g/mol. The van der Waals surface area contributed by atoms with Gasteiger partial charge in [0, 0.05) is 6.54 Å². The van der Waals surface area contributed by atoms with Crippen LogP contribution in [0.4, 0.5) is 0 Å². The van der Waals surface area contributed by atoms with Crippen molar-refractivity contribution in [2.45, 2.75) is 19.0 Å². The third kappa shape index (κ3) is 2.79. The van der Waals surface area contributed by atoms with Crippen LogP contribution in [0.5, 0.6) is 5.75 Å². The minimum Gasteiger partial charge on any atom is -0.497 e. The predicted molar refractivity (Wildman–Crippen MR) is 70.5 cm³/mol. The van der Waals surface area contributed by atoms with E-state index in [4.69, 9.17) is 9.47 Å². The standard InChI is InChI=1S/C13H15BNO4/c1-18-11-4-3-9-6-12(13(17)19-2)15(14-8-16)7-10(9)5-11/h3-5,8,12H,6-7H2,1-2H3/t12-/m0/s1. The highest BCUT2D eigenvalue weighted by atomic mass is 16.5. The minimum absolute atomic E-state index is 0.334. The summed E-state index contributed by atoms with van der Waals surface area (Å²) in [5, 5.41) is 0. The van der Waals surface area contributed by atoms with E-state index in [1.807, 2.05) is 18.2 Å². The number of methoxy groups -OCH3 is 2. The summed E-state index contributed by atoms with van der Waals surface area (Å²) in [6.07, 6.45) is 1.21. The van der Waals surface area contributed by atoms with Gasteiger partial charge in [-0.25, -0.2) is 0 Å². The number of rotatable bonds is 4. The van der Waals surface area contributed by atoms with Crippen LogP contribution in [0, 0.1) is 0 Å². The molecule has 1 atom stereocenters. The van der Waals surface area contributed by atoms with Crippen LogP contribution in [-0.2, 0) is 27.3 Å². The van der Waals surface area contributed by atoms with Gasteiger partial charge in [0.15, 0.2) is 0 Å². The highest BCUT2D eigenvalue weighted by Gasteiger charge is 2.32. The van der Waals surface area contributed by atoms with Gasteiger partial charge in [0.05, 0.1) is 20.4 Å². The van der Waals surface area contributed by atoms with Gasteiger partial charge in [-0.05, 0) is 29.7 Å². The molecule has 0 unspecified atom stereocenters. The van der Waals surface area contributed by atoms with Gasteiger partial charge in [0.25, 0.3) is 7.41 Å². The van der Waals surface area contributed by atoms with E-state index in [-0.39, 0.29) is 5.97 Å². The number of hydrogen-bond donors (Lipinski definition) is 0. The highest BCUT2D eigenvalue weighted by molar-refractivity contribution is 6.64. The Hall–Kier alpha value is -1.82. The van der Waals surface area contributed by atoms with Gasteiger partial charge >= 0.3 is 5.97 Å². The second kappa shape index (κ2) is 5.88. The van der Waals surface area contributed by atoms with Crippen molar-refractivity contribution < 1.29 is 19.1 Å². The Labute approximate surface area is 112 Å². The topological polar surface area (TPSA) is 55.8 Å². The molecule has 0 amide bonds. The third-order valence-corrected chi connectivity index (χ3v) is 3.31. The Kier molecular flexibility index (Phi) is 4.22. The molecule has 0 bridgehead atoms. The first-order valence-corrected chi connectivity index (χ1v) is 5.97. The molecule has 1 radical (unpaired) electrons. The number of fused-ring (bicyclic) bond motifs is 1. The first kappa shape index (κ1) is 13.6. The van der Waals surface area contributed by atoms with Crippen LogP contribution in [0.3, 0.4) is 0 Å². The van der Waals surface area contributed by atoms with Crippen molar-refractivity contribution in [1.82, 2.24) is 4.81 Å². The lowest BCUT2D eigenvalue weighted by atomic mass is 9.84. The van der Waals surface area contributed by atoms with Crippen molar-refractivity contribution in [3.8, 4) is 5.75 Å². The van der Waals surface area contributed by atoms with Gasteiger partial charge < -0.3 is 19.1 Å². The van der Waals surface area contributed by atoms with Gasteiger partial charge in [-0.15, -0.1) is 0 Å². The summed E-state index contributed by atoms with van der Waals surface area (Å²) in [6.45, 7) is 0.491. The first-order chi connectivity index (χ1) is 9.19. The maximum absolute atomic E-state index is 11.8. The van der Waals surface area contributed by atoms with E-state index in [1.54, 1.807) is 11.9 Å². The molecule has 0 spiro atoms. The molecule has 1 aliphatic heterocycles. The summed E-state index contributed by atoms with van der Waals surface area (Å²) in [5.74, 6) is 0.431. The van der Waals surface area contributed by atoms with Crippen molar-refractivity contribution in [2.24, 2.45) is 0 Å². The Morgan fingerprint density at radius 2 is 2.21 bits per heavy atom. The van der Waals surface area contributed by atoms with Crippen LogP contribution >= 0.6 is 0 Å². The largest absolute Gasteiger partial charge is 0.497 e. The van der Waals surface area contributed by atoms with E-state index >= 15 is 0 Å². The van der Waals surface area contributed by atoms with E-state index in [0.717, 1.165) is 16.9 Å². The Balaban J connectivity index is 2.30. The van der Waals surface area contributed by atoms with Gasteiger partial charge in [0.2, 0.25) is 0 Å². The zero-order valence-electron chi connectivity index (χ0n) is 11.0. The van der Waals surface area contributed by atoms with Crippen LogP contribution in [0.15, 0.2) is 18.2 Å². The number of carbonyl (C=O) groups is 2. The van der Waals surface area contributed by atoms with Crippen LogP contribution in [0.2, 0.25) is 0 Å². The molecule has 1 aromatic carbocycles. The fourth-order valence-corrected chi connectivity index (χ4v) is 2.30. The van der Waals surface area contributed by atoms with Gasteiger partial charge in [0.1, 0.15) is 11.8 Å². The molecule has 1 aliphatic rings. The summed E-state index contributed by atoms with van der Waals surface area (Å²) in [7, 11) is 4.34. The zero-order valence-corrected chi connectivity index (χ0v) is 11.0. The summed E-state index contributed by atoms with van der Waals surface area (Å²) >= 11 is 0. The molecule has 0 saturated carbocycles. The number of benzene rings is 1. The number of carbonyl (C=O) groups excluding carboxylic acids is 2. The van der Waals surface area contributed by atoms with E-state index in [1.165, 1.54) is 14.5 Å². The maximum Gasteiger partial charge on any atom is 0.322 e. The summed E-state index contributed by atoms with van der Waals surface area (Å²) in [5.41, 5.74) is 2.13. The second-order valence-electron chi connectivity index (χ2n) is 4.34. The van der Waals surface area contributed by atoms with E-state index in [2.05, 4.69) is 0 Å². The van der Waals surface area contributed by atoms with Crippen LogP contribution in [0.25, 0.3) is 0 Å². The summed E-state index contributed by atoms with van der Waals surface area (Å²) < 4.78 is 9.97. The van der Waals surface area contributed by atoms with Crippen molar-refractivity contribution in [3.63, 3.8) is 0 Å². The molecule has 2 rings (SSSR count). The zero-order chi connectivity index (χ0) is 13.8. The summed E-state index contributed by atoms with van der Waals surface area (Å²) in [6, 6.07) is 5.29. The lowest BCUT2D eigenvalue weighted by Gasteiger charge is -2.34. The Morgan fingerprint density at radius 3 is 2.84 bits per heavy atom. The number of ether oxygens (including phenoxy) is 2. The van der Waals surface area contributed by atoms with Crippen molar-refractivity contribution >= 4 is 19.6 Å². The molecule has 0 saturated heterocycles. The monoisotopic (exact) mass is 260 g/mol. The lowest BCUT2D eigenvalue weighted by molar-refractivity contribution is -0.145. The molecule has 1 aromatic rings. The molecule has 0 N–H and O–H groups in total. The van der Waals surface area contributed by atoms with E-state index in [9.17, 15) is 9.59 Å². The number of hydrogen-bond acceptors (Lipinski definition) is 5.